The van der Waals surface area contributed by atoms with Crippen molar-refractivity contribution in [1.82, 2.24) is 15.5 Å². The summed E-state index contributed by atoms with van der Waals surface area (Å²) >= 11 is 0. The maximum atomic E-state index is 13.3. The topological polar surface area (TPSA) is 66.0 Å². The first kappa shape index (κ1) is 26.9. The van der Waals surface area contributed by atoms with E-state index in [9.17, 15) is 9.18 Å². The predicted octanol–water partition coefficient (Wildman–Crippen LogP) is 4.59. The molecule has 33 heavy (non-hydrogen) atoms. The van der Waals surface area contributed by atoms with E-state index < -0.39 is 0 Å². The number of benzene rings is 2. The van der Waals surface area contributed by atoms with E-state index in [1.165, 1.54) is 18.6 Å². The van der Waals surface area contributed by atoms with Gasteiger partial charge < -0.3 is 20.3 Å². The number of nitrogens with one attached hydrogen (secondary N) is 2. The van der Waals surface area contributed by atoms with E-state index in [-0.39, 0.29) is 41.8 Å². The molecule has 8 heteroatoms. The third kappa shape index (κ3) is 8.83. The first-order valence-electron chi connectivity index (χ1n) is 11.4. The number of nitrogens with zero attached hydrogens (tertiary/aromatic N) is 2. The molecule has 180 valence electrons. The van der Waals surface area contributed by atoms with Crippen molar-refractivity contribution in [1.29, 1.82) is 0 Å². The van der Waals surface area contributed by atoms with Gasteiger partial charge in [-0.3, -0.25) is 4.79 Å². The van der Waals surface area contributed by atoms with Crippen molar-refractivity contribution in [2.75, 3.05) is 26.2 Å². The summed E-state index contributed by atoms with van der Waals surface area (Å²) < 4.78 is 19.1. The summed E-state index contributed by atoms with van der Waals surface area (Å²) in [6, 6.07) is 13.8. The maximum absolute atomic E-state index is 13.3. The molecule has 0 bridgehead atoms. The standard InChI is InChI=1S/C25H33FN4O2.HI/c1-3-27-25(28-17-19(2)32-23-9-7-8-22(26)16-23)29-18-20-10-12-21(13-11-20)24(31)30-14-5-4-6-15-30;/h7-13,16,19H,3-6,14-15,17-18H2,1-2H3,(H2,27,28,29);1H. The van der Waals surface area contributed by atoms with Crippen molar-refractivity contribution in [3.05, 3.63) is 65.5 Å². The third-order valence-electron chi connectivity index (χ3n) is 5.30. The van der Waals surface area contributed by atoms with Gasteiger partial charge in [-0.15, -0.1) is 24.0 Å². The van der Waals surface area contributed by atoms with Gasteiger partial charge in [-0.25, -0.2) is 9.38 Å². The molecule has 0 aromatic heterocycles. The summed E-state index contributed by atoms with van der Waals surface area (Å²) in [4.78, 5) is 19.2. The number of ether oxygens (including phenoxy) is 1. The van der Waals surface area contributed by atoms with Gasteiger partial charge in [-0.05, 0) is 62.9 Å². The highest BCUT2D eigenvalue weighted by molar-refractivity contribution is 14.0. The lowest BCUT2D eigenvalue weighted by molar-refractivity contribution is 0.0724. The average Bonchev–Trinajstić information content (AvgIpc) is 2.81. The Morgan fingerprint density at radius 3 is 2.52 bits per heavy atom. The van der Waals surface area contributed by atoms with E-state index >= 15 is 0 Å². The number of halogens is 2. The fraction of sp³-hybridized carbons (Fsp3) is 0.440. The maximum Gasteiger partial charge on any atom is 0.253 e. The van der Waals surface area contributed by atoms with E-state index in [0.717, 1.165) is 43.6 Å². The molecule has 1 amide bonds. The highest BCUT2D eigenvalue weighted by Crippen LogP contribution is 2.15. The van der Waals surface area contributed by atoms with E-state index in [0.29, 0.717) is 24.8 Å². The largest absolute Gasteiger partial charge is 0.489 e. The molecule has 3 rings (SSSR count). The van der Waals surface area contributed by atoms with Crippen molar-refractivity contribution in [3.8, 4) is 5.75 Å². The molecule has 0 radical (unpaired) electrons. The Morgan fingerprint density at radius 2 is 1.85 bits per heavy atom. The first-order valence-corrected chi connectivity index (χ1v) is 11.4. The first-order chi connectivity index (χ1) is 15.5. The van der Waals surface area contributed by atoms with Crippen LogP contribution >= 0.6 is 24.0 Å². The molecular formula is C25H34FIN4O2. The normalized spacial score (nSPS) is 14.8. The molecule has 1 fully saturated rings. The number of likely N-dealkylation sites (tertiary alicyclic amines) is 1. The number of guanidine groups is 1. The number of hydrogen-bond donors (Lipinski definition) is 2. The lowest BCUT2D eigenvalue weighted by Gasteiger charge is -2.26. The van der Waals surface area contributed by atoms with Crippen LogP contribution in [0.2, 0.25) is 0 Å². The molecule has 0 saturated carbocycles. The fourth-order valence-electron chi connectivity index (χ4n) is 3.60. The Bertz CT molecular complexity index is 902. The van der Waals surface area contributed by atoms with Gasteiger partial charge >= 0.3 is 0 Å². The molecule has 2 N–H and O–H groups in total. The molecular weight excluding hydrogens is 534 g/mol. The van der Waals surface area contributed by atoms with Crippen LogP contribution in [0, 0.1) is 5.82 Å². The second-order valence-electron chi connectivity index (χ2n) is 8.01. The number of hydrogen-bond acceptors (Lipinski definition) is 3. The minimum Gasteiger partial charge on any atom is -0.489 e. The van der Waals surface area contributed by atoms with Crippen LogP contribution in [0.4, 0.5) is 4.39 Å². The SMILES string of the molecule is CCNC(=NCc1ccc(C(=O)N2CCCCC2)cc1)NCC(C)Oc1cccc(F)c1.I. The molecule has 1 aliphatic rings. The van der Waals surface area contributed by atoms with Gasteiger partial charge in [0.15, 0.2) is 5.96 Å². The summed E-state index contributed by atoms with van der Waals surface area (Å²) in [5.41, 5.74) is 1.76. The van der Waals surface area contributed by atoms with Crippen molar-refractivity contribution in [3.63, 3.8) is 0 Å². The summed E-state index contributed by atoms with van der Waals surface area (Å²) in [7, 11) is 0. The molecule has 0 spiro atoms. The van der Waals surface area contributed by atoms with Gasteiger partial charge in [0.25, 0.3) is 5.91 Å². The quantitative estimate of drug-likeness (QED) is 0.278. The smallest absolute Gasteiger partial charge is 0.253 e. The predicted molar refractivity (Wildman–Crippen MR) is 141 cm³/mol. The summed E-state index contributed by atoms with van der Waals surface area (Å²) in [6.45, 7) is 7.37. The monoisotopic (exact) mass is 568 g/mol. The summed E-state index contributed by atoms with van der Waals surface area (Å²) in [5.74, 6) is 0.972. The second kappa shape index (κ2) is 14.0. The van der Waals surface area contributed by atoms with E-state index in [4.69, 9.17) is 4.74 Å². The Balaban J connectivity index is 0.00000385. The minimum atomic E-state index is -0.318. The van der Waals surface area contributed by atoms with Gasteiger partial charge in [0, 0.05) is 31.3 Å². The average molecular weight is 568 g/mol. The zero-order valence-corrected chi connectivity index (χ0v) is 21.7. The Labute approximate surface area is 213 Å². The highest BCUT2D eigenvalue weighted by atomic mass is 127. The Morgan fingerprint density at radius 1 is 1.12 bits per heavy atom. The molecule has 1 saturated heterocycles. The van der Waals surface area contributed by atoms with Gasteiger partial charge in [0.05, 0.1) is 13.1 Å². The number of carbonyl (C=O) groups excluding carboxylic acids is 1. The van der Waals surface area contributed by atoms with Crippen LogP contribution in [0.15, 0.2) is 53.5 Å². The zero-order valence-electron chi connectivity index (χ0n) is 19.4. The molecule has 1 aliphatic heterocycles. The van der Waals surface area contributed by atoms with Crippen LogP contribution in [-0.4, -0.2) is 49.0 Å². The lowest BCUT2D eigenvalue weighted by atomic mass is 10.1. The van der Waals surface area contributed by atoms with Crippen molar-refractivity contribution >= 4 is 35.8 Å². The molecule has 1 unspecified atom stereocenters. The number of aliphatic imine (C=N–C) groups is 1. The van der Waals surface area contributed by atoms with Crippen LogP contribution < -0.4 is 15.4 Å². The van der Waals surface area contributed by atoms with Crippen LogP contribution in [0.5, 0.6) is 5.75 Å². The Kier molecular flexibility index (Phi) is 11.4. The molecule has 6 nitrogen and oxygen atoms in total. The molecule has 0 aliphatic carbocycles. The van der Waals surface area contributed by atoms with Crippen LogP contribution in [0.25, 0.3) is 0 Å². The number of piperidine rings is 1. The van der Waals surface area contributed by atoms with E-state index in [1.54, 1.807) is 12.1 Å². The number of carbonyl (C=O) groups is 1. The van der Waals surface area contributed by atoms with E-state index in [1.807, 2.05) is 43.0 Å². The summed E-state index contributed by atoms with van der Waals surface area (Å²) in [6.07, 6.45) is 3.22. The number of amides is 1. The van der Waals surface area contributed by atoms with Crippen LogP contribution in [0.3, 0.4) is 0 Å². The van der Waals surface area contributed by atoms with Crippen molar-refractivity contribution < 1.29 is 13.9 Å². The molecule has 1 heterocycles. The van der Waals surface area contributed by atoms with Gasteiger partial charge in [-0.1, -0.05) is 18.2 Å². The fourth-order valence-corrected chi connectivity index (χ4v) is 3.60. The van der Waals surface area contributed by atoms with Gasteiger partial charge in [-0.2, -0.15) is 0 Å². The highest BCUT2D eigenvalue weighted by Gasteiger charge is 2.17. The van der Waals surface area contributed by atoms with Crippen molar-refractivity contribution in [2.24, 2.45) is 4.99 Å². The lowest BCUT2D eigenvalue weighted by Crippen LogP contribution is -2.41. The third-order valence-corrected chi connectivity index (χ3v) is 5.30. The van der Waals surface area contributed by atoms with E-state index in [2.05, 4.69) is 15.6 Å². The van der Waals surface area contributed by atoms with Gasteiger partial charge in [0.1, 0.15) is 17.7 Å². The second-order valence-corrected chi connectivity index (χ2v) is 8.01. The van der Waals surface area contributed by atoms with Crippen molar-refractivity contribution in [2.45, 2.75) is 45.8 Å². The minimum absolute atomic E-state index is 0. The molecule has 2 aromatic carbocycles. The Hall–Kier alpha value is -2.36. The number of rotatable bonds is 8. The van der Waals surface area contributed by atoms with Crippen LogP contribution in [-0.2, 0) is 6.54 Å². The summed E-state index contributed by atoms with van der Waals surface area (Å²) in [5, 5.41) is 6.47. The zero-order chi connectivity index (χ0) is 22.8. The van der Waals surface area contributed by atoms with Crippen LogP contribution in [0.1, 0.15) is 49.0 Å². The van der Waals surface area contributed by atoms with Gasteiger partial charge in [0.2, 0.25) is 0 Å². The molecule has 1 atom stereocenters. The molecule has 2 aromatic rings.